The molecule has 23 nitrogen and oxygen atoms in total. The van der Waals surface area contributed by atoms with Crippen molar-refractivity contribution in [3.8, 4) is 0 Å². The van der Waals surface area contributed by atoms with Gasteiger partial charge in [-0.25, -0.2) is 0 Å². The summed E-state index contributed by atoms with van der Waals surface area (Å²) in [6.07, 6.45) is -3.17. The number of carbonyl (C=O) groups excluding carboxylic acids is 10. The second kappa shape index (κ2) is 19.3. The van der Waals surface area contributed by atoms with Gasteiger partial charge in [-0.05, 0) is 0 Å². The number of carboxylic acid groups (broad SMARTS) is 1. The highest BCUT2D eigenvalue weighted by molar-refractivity contribution is 5.99. The topological polar surface area (TPSA) is 410 Å². The number of hydrogen-bond donors (Lipinski definition) is 12. The van der Waals surface area contributed by atoms with Gasteiger partial charge < -0.3 is 65.7 Å². The molecular formula is C22H35N11O12. The number of hydrogen-bond acceptors (Lipinski definition) is 12. The van der Waals surface area contributed by atoms with Gasteiger partial charge in [-0.15, -0.1) is 0 Å². The molecule has 17 N–H and O–H groups in total. The van der Waals surface area contributed by atoms with E-state index in [9.17, 15) is 52.7 Å². The van der Waals surface area contributed by atoms with Crippen LogP contribution in [0.3, 0.4) is 0 Å². The first-order chi connectivity index (χ1) is 20.9. The number of carbonyl (C=O) groups is 11. The van der Waals surface area contributed by atoms with Crippen LogP contribution < -0.4 is 60.6 Å². The molecule has 0 aromatic heterocycles. The lowest BCUT2D eigenvalue weighted by Crippen LogP contribution is -2.58. The normalized spacial score (nSPS) is 12.9. The minimum atomic E-state index is -1.78. The van der Waals surface area contributed by atoms with Crippen LogP contribution in [0.25, 0.3) is 0 Å². The number of nitrogens with two attached hydrogens (primary N) is 5. The van der Waals surface area contributed by atoms with Gasteiger partial charge in [0.2, 0.25) is 59.1 Å². The van der Waals surface area contributed by atoms with Crippen LogP contribution in [0.15, 0.2) is 0 Å². The molecule has 0 rings (SSSR count). The Morgan fingerprint density at radius 3 is 1.09 bits per heavy atom. The predicted octanol–water partition coefficient (Wildman–Crippen LogP) is -9.30. The second-order valence-electron chi connectivity index (χ2n) is 9.08. The van der Waals surface area contributed by atoms with Crippen LogP contribution in [0.4, 0.5) is 0 Å². The predicted molar refractivity (Wildman–Crippen MR) is 146 cm³/mol. The molecule has 10 amide bonds. The van der Waals surface area contributed by atoms with E-state index in [0.29, 0.717) is 0 Å². The lowest BCUT2D eigenvalue weighted by molar-refractivity contribution is -0.139. The molecule has 0 fully saturated rings. The summed E-state index contributed by atoms with van der Waals surface area (Å²) in [5.74, 6) is -12.4. The van der Waals surface area contributed by atoms with Crippen molar-refractivity contribution >= 4 is 65.0 Å². The molecule has 0 saturated heterocycles. The number of rotatable bonds is 21. The molecule has 0 spiro atoms. The summed E-state index contributed by atoms with van der Waals surface area (Å²) >= 11 is 0. The molecule has 4 atom stereocenters. The van der Waals surface area contributed by atoms with Gasteiger partial charge in [0, 0.05) is 0 Å². The number of carboxylic acids is 1. The highest BCUT2D eigenvalue weighted by atomic mass is 16.4. The first-order valence-corrected chi connectivity index (χ1v) is 12.7. The summed E-state index contributed by atoms with van der Waals surface area (Å²) in [4.78, 5) is 131. The Balaban J connectivity index is 5.60. The maximum absolute atomic E-state index is 12.7. The largest absolute Gasteiger partial charge is 0.480 e. The van der Waals surface area contributed by atoms with E-state index in [4.69, 9.17) is 33.8 Å². The SMILES string of the molecule is NCC(=O)N[C@@H](CC(N)=O)C(=O)N[C@@H](CC(N)=O)C(=O)NCC(=O)N[C@@H](CC(N)=O)C(=O)N[C@@H](CC(N)=O)C(=O)NCC(=O)O. The summed E-state index contributed by atoms with van der Waals surface area (Å²) < 4.78 is 0. The number of aliphatic carboxylic acids is 1. The third-order valence-electron chi connectivity index (χ3n) is 5.21. The van der Waals surface area contributed by atoms with Gasteiger partial charge in [0.15, 0.2) is 0 Å². The molecule has 0 unspecified atom stereocenters. The fourth-order valence-corrected chi connectivity index (χ4v) is 3.26. The van der Waals surface area contributed by atoms with Crippen LogP contribution in [0, 0.1) is 0 Å². The highest BCUT2D eigenvalue weighted by Gasteiger charge is 2.31. The van der Waals surface area contributed by atoms with E-state index in [1.54, 1.807) is 0 Å². The molecule has 45 heavy (non-hydrogen) atoms. The lowest BCUT2D eigenvalue weighted by Gasteiger charge is -2.23. The molecule has 0 heterocycles. The van der Waals surface area contributed by atoms with Crippen LogP contribution in [0.2, 0.25) is 0 Å². The van der Waals surface area contributed by atoms with E-state index in [1.807, 2.05) is 21.3 Å². The van der Waals surface area contributed by atoms with Gasteiger partial charge in [0.25, 0.3) is 0 Å². The van der Waals surface area contributed by atoms with Gasteiger partial charge >= 0.3 is 5.97 Å². The van der Waals surface area contributed by atoms with Crippen molar-refractivity contribution < 1.29 is 57.8 Å². The van der Waals surface area contributed by atoms with Gasteiger partial charge in [-0.2, -0.15) is 0 Å². The molecule has 0 radical (unpaired) electrons. The maximum Gasteiger partial charge on any atom is 0.322 e. The second-order valence-corrected chi connectivity index (χ2v) is 9.08. The Bertz CT molecular complexity index is 1210. The van der Waals surface area contributed by atoms with Crippen molar-refractivity contribution in [1.29, 1.82) is 0 Å². The van der Waals surface area contributed by atoms with E-state index in [0.717, 1.165) is 0 Å². The molecule has 0 aromatic carbocycles. The third-order valence-corrected chi connectivity index (χ3v) is 5.21. The molecule has 0 aliphatic carbocycles. The average molecular weight is 646 g/mol. The minimum absolute atomic E-state index is 0.568. The Hall–Kier alpha value is -5.87. The van der Waals surface area contributed by atoms with E-state index in [-0.39, 0.29) is 0 Å². The van der Waals surface area contributed by atoms with E-state index in [1.165, 1.54) is 0 Å². The number of primary amides is 4. The standard InChI is InChI=1S/C22H35N11O12/c23-5-16(38)30-10(3-14(26)36)21(44)32-8(1-12(24)34)19(42)28-6-17(39)31-11(4-15(27)37)22(45)33-9(2-13(25)35)20(43)29-7-18(40)41/h8-11H,1-7,23H2,(H2,24,34)(H2,25,35)(H2,26,36)(H2,27,37)(H,28,42)(H,29,43)(H,30,38)(H,31,39)(H,32,44)(H,33,45)(H,40,41)/t8-,9-,10-,11-/m0/s1. The number of amides is 10. The van der Waals surface area contributed by atoms with Crippen molar-refractivity contribution in [2.45, 2.75) is 49.9 Å². The highest BCUT2D eigenvalue weighted by Crippen LogP contribution is 2.00. The average Bonchev–Trinajstić information content (AvgIpc) is 2.91. The molecule has 0 aliphatic heterocycles. The van der Waals surface area contributed by atoms with E-state index in [2.05, 4.69) is 10.6 Å². The van der Waals surface area contributed by atoms with Crippen molar-refractivity contribution in [2.24, 2.45) is 28.7 Å². The smallest absolute Gasteiger partial charge is 0.322 e. The molecular weight excluding hydrogens is 610 g/mol. The van der Waals surface area contributed by atoms with E-state index < -0.39 is 135 Å². The fraction of sp³-hybridized carbons (Fsp3) is 0.500. The van der Waals surface area contributed by atoms with Gasteiger partial charge in [0.05, 0.1) is 38.8 Å². The fourth-order valence-electron chi connectivity index (χ4n) is 3.26. The van der Waals surface area contributed by atoms with Gasteiger partial charge in [0.1, 0.15) is 30.7 Å². The molecule has 23 heteroatoms. The summed E-state index contributed by atoms with van der Waals surface area (Å²) in [7, 11) is 0. The summed E-state index contributed by atoms with van der Waals surface area (Å²) in [6.45, 7) is -2.39. The Morgan fingerprint density at radius 2 is 0.778 bits per heavy atom. The quantitative estimate of drug-likeness (QED) is 0.0552. The third kappa shape index (κ3) is 17.0. The van der Waals surface area contributed by atoms with Crippen LogP contribution >= 0.6 is 0 Å². The van der Waals surface area contributed by atoms with Crippen molar-refractivity contribution in [3.63, 3.8) is 0 Å². The van der Waals surface area contributed by atoms with Crippen molar-refractivity contribution in [1.82, 2.24) is 31.9 Å². The van der Waals surface area contributed by atoms with Crippen molar-refractivity contribution in [2.75, 3.05) is 19.6 Å². The molecule has 250 valence electrons. The maximum atomic E-state index is 12.7. The Kier molecular flexibility index (Phi) is 16.8. The summed E-state index contributed by atoms with van der Waals surface area (Å²) in [5, 5.41) is 20.9. The number of nitrogens with one attached hydrogen (secondary N) is 6. The zero-order valence-corrected chi connectivity index (χ0v) is 23.6. The van der Waals surface area contributed by atoms with Crippen LogP contribution in [-0.4, -0.2) is 114 Å². The van der Waals surface area contributed by atoms with Crippen LogP contribution in [0.5, 0.6) is 0 Å². The summed E-state index contributed by atoms with van der Waals surface area (Å²) in [5.41, 5.74) is 25.5. The Morgan fingerprint density at radius 1 is 0.467 bits per heavy atom. The van der Waals surface area contributed by atoms with E-state index >= 15 is 0 Å². The zero-order valence-electron chi connectivity index (χ0n) is 23.6. The van der Waals surface area contributed by atoms with Crippen LogP contribution in [0.1, 0.15) is 25.7 Å². The zero-order chi connectivity index (χ0) is 34.9. The lowest BCUT2D eigenvalue weighted by atomic mass is 10.1. The molecule has 0 bridgehead atoms. The molecule has 0 aliphatic rings. The minimum Gasteiger partial charge on any atom is -0.480 e. The van der Waals surface area contributed by atoms with Gasteiger partial charge in [-0.3, -0.25) is 52.7 Å². The molecule has 0 saturated carbocycles. The Labute approximate surface area is 253 Å². The first-order valence-electron chi connectivity index (χ1n) is 12.7. The van der Waals surface area contributed by atoms with Crippen LogP contribution in [-0.2, 0) is 52.7 Å². The van der Waals surface area contributed by atoms with Crippen molar-refractivity contribution in [3.05, 3.63) is 0 Å². The monoisotopic (exact) mass is 645 g/mol. The summed E-state index contributed by atoms with van der Waals surface area (Å²) in [6, 6.07) is -6.83. The van der Waals surface area contributed by atoms with Gasteiger partial charge in [-0.1, -0.05) is 0 Å². The molecule has 0 aromatic rings. The first kappa shape index (κ1) is 39.1.